The Morgan fingerprint density at radius 2 is 1.86 bits per heavy atom. The van der Waals surface area contributed by atoms with Gasteiger partial charge in [-0.05, 0) is 43.5 Å². The second kappa shape index (κ2) is 9.50. The first-order valence-electron chi connectivity index (χ1n) is 6.88. The van der Waals surface area contributed by atoms with Crippen LogP contribution in [0.5, 0.6) is 5.75 Å². The van der Waals surface area contributed by atoms with Gasteiger partial charge >= 0.3 is 5.97 Å². The van der Waals surface area contributed by atoms with E-state index in [-0.39, 0.29) is 51.4 Å². The van der Waals surface area contributed by atoms with Crippen LogP contribution in [0.3, 0.4) is 0 Å². The van der Waals surface area contributed by atoms with Gasteiger partial charge in [0, 0.05) is 56.4 Å². The predicted molar refractivity (Wildman–Crippen MR) is 82.1 cm³/mol. The molecule has 1 aromatic carbocycles. The maximum Gasteiger partial charge on any atom is 0.338 e. The molecule has 1 heterocycles. The number of halogens is 1. The molecule has 2 rings (SSSR count). The van der Waals surface area contributed by atoms with E-state index in [4.69, 9.17) is 26.2 Å². The molecular weight excluding hydrogens is 319 g/mol. The number of benzene rings is 1. The molecule has 1 aliphatic heterocycles. The number of aliphatic carboxylic acids is 1. The van der Waals surface area contributed by atoms with E-state index in [1.165, 1.54) is 0 Å². The molecular formula is C15H19ClKO4. The summed E-state index contributed by atoms with van der Waals surface area (Å²) in [7, 11) is 0. The quantitative estimate of drug-likeness (QED) is 0.427. The molecule has 0 bridgehead atoms. The third-order valence-corrected chi connectivity index (χ3v) is 3.69. The Bertz CT molecular complexity index is 445. The summed E-state index contributed by atoms with van der Waals surface area (Å²) in [6, 6.07) is 7.31. The van der Waals surface area contributed by atoms with Crippen LogP contribution in [-0.2, 0) is 9.53 Å². The fraction of sp³-hybridized carbons (Fsp3) is 0.533. The van der Waals surface area contributed by atoms with Crippen molar-refractivity contribution < 1.29 is 19.4 Å². The van der Waals surface area contributed by atoms with Crippen molar-refractivity contribution in [2.75, 3.05) is 13.2 Å². The molecule has 0 amide bonds. The molecule has 0 saturated carbocycles. The van der Waals surface area contributed by atoms with Gasteiger partial charge in [0.2, 0.25) is 0 Å². The Labute approximate surface area is 172 Å². The molecule has 1 radical (unpaired) electrons. The van der Waals surface area contributed by atoms with Gasteiger partial charge in [0.1, 0.15) is 5.75 Å². The minimum atomic E-state index is -0.861. The Morgan fingerprint density at radius 3 is 2.43 bits per heavy atom. The number of hydrogen-bond donors (Lipinski definition) is 1. The van der Waals surface area contributed by atoms with Crippen molar-refractivity contribution in [1.82, 2.24) is 0 Å². The van der Waals surface area contributed by atoms with Crippen LogP contribution in [0.2, 0.25) is 5.02 Å². The van der Waals surface area contributed by atoms with Gasteiger partial charge in [0.15, 0.2) is 5.60 Å². The predicted octanol–water partition coefficient (Wildman–Crippen LogP) is 3.14. The number of carboxylic acid groups (broad SMARTS) is 1. The minimum Gasteiger partial charge on any atom is -0.494 e. The van der Waals surface area contributed by atoms with E-state index in [0.29, 0.717) is 24.7 Å². The van der Waals surface area contributed by atoms with Gasteiger partial charge in [-0.15, -0.1) is 0 Å². The van der Waals surface area contributed by atoms with Gasteiger partial charge in [-0.25, -0.2) is 4.79 Å². The third-order valence-electron chi connectivity index (χ3n) is 3.44. The second-order valence-electron chi connectivity index (χ2n) is 5.05. The molecule has 111 valence electrons. The summed E-state index contributed by atoms with van der Waals surface area (Å²) in [5.74, 6) is -0.00539. The van der Waals surface area contributed by atoms with Gasteiger partial charge in [0.25, 0.3) is 0 Å². The number of epoxide rings is 1. The maximum atomic E-state index is 10.9. The van der Waals surface area contributed by atoms with Crippen molar-refractivity contribution in [2.45, 2.75) is 37.7 Å². The first kappa shape index (κ1) is 19.4. The van der Waals surface area contributed by atoms with Gasteiger partial charge < -0.3 is 14.6 Å². The number of carbonyl (C=O) groups is 1. The molecule has 21 heavy (non-hydrogen) atoms. The van der Waals surface area contributed by atoms with Crippen LogP contribution in [0, 0.1) is 0 Å². The van der Waals surface area contributed by atoms with Crippen molar-refractivity contribution in [3.63, 3.8) is 0 Å². The fourth-order valence-corrected chi connectivity index (χ4v) is 2.17. The molecule has 6 heteroatoms. The number of carboxylic acids is 1. The number of unbranched alkanes of at least 4 members (excludes halogenated alkanes) is 3. The van der Waals surface area contributed by atoms with Crippen LogP contribution in [0.4, 0.5) is 0 Å². The molecule has 1 fully saturated rings. The molecule has 1 atom stereocenters. The molecule has 0 spiro atoms. The SMILES string of the molecule is O=C(O)[C@@]1(CCCCCCOc2ccc(Cl)cc2)CO1.[K]. The molecule has 0 aliphatic carbocycles. The van der Waals surface area contributed by atoms with Gasteiger partial charge in [-0.1, -0.05) is 24.4 Å². The topological polar surface area (TPSA) is 59.1 Å². The van der Waals surface area contributed by atoms with E-state index >= 15 is 0 Å². The number of rotatable bonds is 9. The first-order chi connectivity index (χ1) is 9.62. The molecule has 0 unspecified atom stereocenters. The molecule has 1 saturated heterocycles. The largest absolute Gasteiger partial charge is 0.494 e. The van der Waals surface area contributed by atoms with Crippen LogP contribution in [-0.4, -0.2) is 81.3 Å². The Balaban J connectivity index is 0.00000220. The van der Waals surface area contributed by atoms with E-state index in [1.54, 1.807) is 12.1 Å². The zero-order chi connectivity index (χ0) is 14.4. The Hall–Kier alpha value is 0.376. The third kappa shape index (κ3) is 6.56. The average Bonchev–Trinajstić information content (AvgIpc) is 3.21. The zero-order valence-corrected chi connectivity index (χ0v) is 16.2. The van der Waals surface area contributed by atoms with E-state index in [1.807, 2.05) is 12.1 Å². The summed E-state index contributed by atoms with van der Waals surface area (Å²) < 4.78 is 10.6. The summed E-state index contributed by atoms with van der Waals surface area (Å²) in [5, 5.41) is 9.64. The van der Waals surface area contributed by atoms with Crippen LogP contribution in [0.1, 0.15) is 32.1 Å². The molecule has 1 aliphatic rings. The normalized spacial score (nSPS) is 19.7. The van der Waals surface area contributed by atoms with Crippen molar-refractivity contribution in [3.8, 4) is 5.75 Å². The average molecular weight is 338 g/mol. The molecule has 1 N–H and O–H groups in total. The summed E-state index contributed by atoms with van der Waals surface area (Å²) >= 11 is 5.79. The molecule has 1 aromatic rings. The van der Waals surface area contributed by atoms with Gasteiger partial charge in [-0.3, -0.25) is 0 Å². The van der Waals surface area contributed by atoms with Gasteiger partial charge in [-0.2, -0.15) is 0 Å². The van der Waals surface area contributed by atoms with Crippen molar-refractivity contribution >= 4 is 69.0 Å². The van der Waals surface area contributed by atoms with Crippen LogP contribution in [0.25, 0.3) is 0 Å². The molecule has 0 aromatic heterocycles. The van der Waals surface area contributed by atoms with E-state index in [9.17, 15) is 4.79 Å². The summed E-state index contributed by atoms with van der Waals surface area (Å²) in [6.07, 6.45) is 4.49. The maximum absolute atomic E-state index is 10.9. The van der Waals surface area contributed by atoms with Crippen LogP contribution in [0.15, 0.2) is 24.3 Å². The van der Waals surface area contributed by atoms with E-state index in [2.05, 4.69) is 0 Å². The second-order valence-corrected chi connectivity index (χ2v) is 5.49. The van der Waals surface area contributed by atoms with Gasteiger partial charge in [0.05, 0.1) is 13.2 Å². The standard InChI is InChI=1S/C15H19ClO4.K/c16-12-5-7-13(8-6-12)19-10-4-2-1-3-9-15(11-20-15)14(17)18;/h5-8H,1-4,9-11H2,(H,17,18);/t15-;/m1./s1. The zero-order valence-electron chi connectivity index (χ0n) is 12.3. The van der Waals surface area contributed by atoms with Crippen LogP contribution < -0.4 is 4.74 Å². The van der Waals surface area contributed by atoms with Crippen molar-refractivity contribution in [2.24, 2.45) is 0 Å². The summed E-state index contributed by atoms with van der Waals surface area (Å²) in [4.78, 5) is 10.9. The summed E-state index contributed by atoms with van der Waals surface area (Å²) in [5.41, 5.74) is -0.861. The number of hydrogen-bond acceptors (Lipinski definition) is 3. The van der Waals surface area contributed by atoms with E-state index in [0.717, 1.165) is 31.4 Å². The Morgan fingerprint density at radius 1 is 1.24 bits per heavy atom. The van der Waals surface area contributed by atoms with Crippen molar-refractivity contribution in [1.29, 1.82) is 0 Å². The molecule has 4 nitrogen and oxygen atoms in total. The van der Waals surface area contributed by atoms with Crippen molar-refractivity contribution in [3.05, 3.63) is 29.3 Å². The Kier molecular flexibility index (Phi) is 8.79. The monoisotopic (exact) mass is 337 g/mol. The van der Waals surface area contributed by atoms with E-state index < -0.39 is 11.6 Å². The fourth-order valence-electron chi connectivity index (χ4n) is 2.05. The smallest absolute Gasteiger partial charge is 0.338 e. The summed E-state index contributed by atoms with van der Waals surface area (Å²) in [6.45, 7) is 1.03. The number of ether oxygens (including phenoxy) is 2. The van der Waals surface area contributed by atoms with Crippen LogP contribution >= 0.6 is 11.6 Å². The minimum absolute atomic E-state index is 0. The first-order valence-corrected chi connectivity index (χ1v) is 7.26.